The lowest BCUT2D eigenvalue weighted by molar-refractivity contribution is -0.133. The maximum Gasteiger partial charge on any atom is 0.314 e. The van der Waals surface area contributed by atoms with Gasteiger partial charge in [0.2, 0.25) is 0 Å². The largest absolute Gasteiger partial charge is 0.318 e. The molecule has 0 aromatic heterocycles. The minimum Gasteiger partial charge on any atom is -0.318 e. The Balaban J connectivity index is 2.16. The van der Waals surface area contributed by atoms with Crippen molar-refractivity contribution in [3.8, 4) is 0 Å². The molecule has 2 amide bonds. The molecule has 4 heteroatoms. The van der Waals surface area contributed by atoms with Gasteiger partial charge in [-0.3, -0.25) is 9.59 Å². The molecule has 132 valence electrons. The number of carbonyl (C=O) groups is 2. The zero-order valence-corrected chi connectivity index (χ0v) is 15.6. The van der Waals surface area contributed by atoms with Crippen molar-refractivity contribution in [3.05, 3.63) is 58.7 Å². The molecule has 25 heavy (non-hydrogen) atoms. The normalized spacial score (nSPS) is 11.7. The van der Waals surface area contributed by atoms with Crippen LogP contribution < -0.4 is 10.6 Å². The second-order valence-corrected chi connectivity index (χ2v) is 6.58. The molecule has 0 aliphatic rings. The zero-order valence-electron chi connectivity index (χ0n) is 15.6. The van der Waals surface area contributed by atoms with E-state index in [-0.39, 0.29) is 0 Å². The summed E-state index contributed by atoms with van der Waals surface area (Å²) >= 11 is 0. The van der Waals surface area contributed by atoms with Crippen LogP contribution in [0.2, 0.25) is 0 Å². The molecule has 4 nitrogen and oxygen atoms in total. The second-order valence-electron chi connectivity index (χ2n) is 6.58. The van der Waals surface area contributed by atoms with Crippen LogP contribution in [0.25, 0.3) is 0 Å². The van der Waals surface area contributed by atoms with Crippen LogP contribution in [0.4, 0.5) is 11.4 Å². The average Bonchev–Trinajstić information content (AvgIpc) is 2.57. The van der Waals surface area contributed by atoms with E-state index in [2.05, 4.69) is 24.5 Å². The fourth-order valence-electron chi connectivity index (χ4n) is 2.99. The number of anilines is 2. The van der Waals surface area contributed by atoms with E-state index in [9.17, 15) is 9.59 Å². The van der Waals surface area contributed by atoms with Crippen molar-refractivity contribution in [1.29, 1.82) is 0 Å². The standard InChI is InChI=1S/C21H26N2O2/c1-6-14(3)17-9-7-8-10-18(17)22-20(24)21(25)23-19-15(4)11-13(2)12-16(19)5/h7-12,14H,6H2,1-5H3,(H,22,24)(H,23,25). The monoisotopic (exact) mass is 338 g/mol. The van der Waals surface area contributed by atoms with Crippen molar-refractivity contribution in [2.24, 2.45) is 0 Å². The summed E-state index contributed by atoms with van der Waals surface area (Å²) in [5, 5.41) is 5.48. The molecule has 0 bridgehead atoms. The Bertz CT molecular complexity index is 773. The Kier molecular flexibility index (Phi) is 5.97. The number of hydrogen-bond donors (Lipinski definition) is 2. The van der Waals surface area contributed by atoms with Gasteiger partial charge in [-0.25, -0.2) is 0 Å². The predicted octanol–water partition coefficient (Wildman–Crippen LogP) is 4.70. The highest BCUT2D eigenvalue weighted by Crippen LogP contribution is 2.26. The molecule has 0 heterocycles. The Morgan fingerprint density at radius 3 is 2.12 bits per heavy atom. The summed E-state index contributed by atoms with van der Waals surface area (Å²) in [5.74, 6) is -1.01. The Morgan fingerprint density at radius 2 is 1.52 bits per heavy atom. The van der Waals surface area contributed by atoms with E-state index in [1.54, 1.807) is 0 Å². The molecule has 0 fully saturated rings. The topological polar surface area (TPSA) is 58.2 Å². The van der Waals surface area contributed by atoms with E-state index in [1.165, 1.54) is 0 Å². The first-order valence-corrected chi connectivity index (χ1v) is 8.62. The van der Waals surface area contributed by atoms with Crippen LogP contribution in [-0.4, -0.2) is 11.8 Å². The maximum atomic E-state index is 12.3. The van der Waals surface area contributed by atoms with Gasteiger partial charge in [-0.1, -0.05) is 49.7 Å². The third-order valence-corrected chi connectivity index (χ3v) is 4.47. The molecule has 2 aromatic carbocycles. The first kappa shape index (κ1) is 18.7. The maximum absolute atomic E-state index is 12.3. The second kappa shape index (κ2) is 7.97. The molecule has 2 aromatic rings. The van der Waals surface area contributed by atoms with Gasteiger partial charge in [-0.2, -0.15) is 0 Å². The lowest BCUT2D eigenvalue weighted by atomic mass is 9.97. The van der Waals surface area contributed by atoms with Crippen molar-refractivity contribution in [2.45, 2.75) is 47.0 Å². The molecule has 0 spiro atoms. The van der Waals surface area contributed by atoms with Gasteiger partial charge in [0.15, 0.2) is 0 Å². The molecule has 2 N–H and O–H groups in total. The summed E-state index contributed by atoms with van der Waals surface area (Å²) in [6.45, 7) is 10.0. The van der Waals surface area contributed by atoms with Crippen LogP contribution in [0.3, 0.4) is 0 Å². The first-order valence-electron chi connectivity index (χ1n) is 8.62. The average molecular weight is 338 g/mol. The summed E-state index contributed by atoms with van der Waals surface area (Å²) in [6.07, 6.45) is 0.959. The molecular formula is C21H26N2O2. The van der Waals surface area contributed by atoms with E-state index in [4.69, 9.17) is 0 Å². The van der Waals surface area contributed by atoms with Crippen LogP contribution in [0.1, 0.15) is 48.4 Å². The molecular weight excluding hydrogens is 312 g/mol. The summed E-state index contributed by atoms with van der Waals surface area (Å²) in [7, 11) is 0. The highest BCUT2D eigenvalue weighted by atomic mass is 16.2. The van der Waals surface area contributed by atoms with Gasteiger partial charge in [0.25, 0.3) is 0 Å². The molecule has 0 aliphatic heterocycles. The summed E-state index contributed by atoms with van der Waals surface area (Å²) in [5.41, 5.74) is 5.43. The molecule has 0 aliphatic carbocycles. The molecule has 0 saturated carbocycles. The molecule has 2 rings (SSSR count). The van der Waals surface area contributed by atoms with Crippen molar-refractivity contribution >= 4 is 23.2 Å². The third kappa shape index (κ3) is 4.47. The van der Waals surface area contributed by atoms with E-state index < -0.39 is 11.8 Å². The predicted molar refractivity (Wildman–Crippen MR) is 103 cm³/mol. The minimum absolute atomic E-state index is 0.307. The molecule has 0 radical (unpaired) electrons. The van der Waals surface area contributed by atoms with Gasteiger partial charge in [0.1, 0.15) is 0 Å². The van der Waals surface area contributed by atoms with E-state index in [0.29, 0.717) is 17.3 Å². The summed E-state index contributed by atoms with van der Waals surface area (Å²) in [4.78, 5) is 24.7. The summed E-state index contributed by atoms with van der Waals surface area (Å²) < 4.78 is 0. The van der Waals surface area contributed by atoms with Gasteiger partial charge < -0.3 is 10.6 Å². The highest BCUT2D eigenvalue weighted by Gasteiger charge is 2.18. The SMILES string of the molecule is CCC(C)c1ccccc1NC(=O)C(=O)Nc1c(C)cc(C)cc1C. The van der Waals surface area contributed by atoms with Crippen molar-refractivity contribution < 1.29 is 9.59 Å². The van der Waals surface area contributed by atoms with Crippen LogP contribution in [-0.2, 0) is 9.59 Å². The van der Waals surface area contributed by atoms with Crippen LogP contribution in [0.5, 0.6) is 0 Å². The quantitative estimate of drug-likeness (QED) is 0.794. The Morgan fingerprint density at radius 1 is 0.960 bits per heavy atom. The Hall–Kier alpha value is -2.62. The molecule has 0 saturated heterocycles. The van der Waals surface area contributed by atoms with Crippen LogP contribution in [0, 0.1) is 20.8 Å². The van der Waals surface area contributed by atoms with E-state index in [1.807, 2.05) is 57.2 Å². The number of amides is 2. The molecule has 1 unspecified atom stereocenters. The van der Waals surface area contributed by atoms with Crippen LogP contribution in [0.15, 0.2) is 36.4 Å². The van der Waals surface area contributed by atoms with Crippen molar-refractivity contribution in [1.82, 2.24) is 0 Å². The van der Waals surface area contributed by atoms with Crippen LogP contribution >= 0.6 is 0 Å². The van der Waals surface area contributed by atoms with Crippen molar-refractivity contribution in [2.75, 3.05) is 10.6 Å². The fraction of sp³-hybridized carbons (Fsp3) is 0.333. The van der Waals surface area contributed by atoms with Gasteiger partial charge in [-0.05, 0) is 55.9 Å². The summed E-state index contributed by atoms with van der Waals surface area (Å²) in [6, 6.07) is 11.6. The van der Waals surface area contributed by atoms with Gasteiger partial charge in [0.05, 0.1) is 0 Å². The van der Waals surface area contributed by atoms with Gasteiger partial charge in [0, 0.05) is 11.4 Å². The van der Waals surface area contributed by atoms with Crippen molar-refractivity contribution in [3.63, 3.8) is 0 Å². The smallest absolute Gasteiger partial charge is 0.314 e. The van der Waals surface area contributed by atoms with E-state index in [0.717, 1.165) is 28.7 Å². The lowest BCUT2D eigenvalue weighted by Gasteiger charge is -2.16. The number of hydrogen-bond acceptors (Lipinski definition) is 2. The lowest BCUT2D eigenvalue weighted by Crippen LogP contribution is -2.30. The van der Waals surface area contributed by atoms with E-state index >= 15 is 0 Å². The fourth-order valence-corrected chi connectivity index (χ4v) is 2.99. The Labute approximate surface area is 149 Å². The zero-order chi connectivity index (χ0) is 18.6. The first-order chi connectivity index (χ1) is 11.8. The number of rotatable bonds is 4. The molecule has 1 atom stereocenters. The van der Waals surface area contributed by atoms with Gasteiger partial charge >= 0.3 is 11.8 Å². The third-order valence-electron chi connectivity index (χ3n) is 4.47. The van der Waals surface area contributed by atoms with Gasteiger partial charge in [-0.15, -0.1) is 0 Å². The number of benzene rings is 2. The number of nitrogens with one attached hydrogen (secondary N) is 2. The number of para-hydroxylation sites is 1. The highest BCUT2D eigenvalue weighted by molar-refractivity contribution is 6.43. The minimum atomic E-state index is -0.658. The number of carbonyl (C=O) groups excluding carboxylic acids is 2. The number of aryl methyl sites for hydroxylation is 3.